The standard InChI is InChI=1S/C10H16N6/c1-6(2)16-5-12-7-8(15(3)4)13-10(11)14-9(7)16/h5-6H,1-4H3,(H2,11,13,14). The Morgan fingerprint density at radius 1 is 1.31 bits per heavy atom. The Morgan fingerprint density at radius 2 is 2.00 bits per heavy atom. The molecule has 2 heterocycles. The lowest BCUT2D eigenvalue weighted by Crippen LogP contribution is -2.13. The Labute approximate surface area is 94.1 Å². The predicted molar refractivity (Wildman–Crippen MR) is 64.4 cm³/mol. The van der Waals surface area contributed by atoms with Crippen LogP contribution in [0.2, 0.25) is 0 Å². The lowest BCUT2D eigenvalue weighted by Gasteiger charge is -2.13. The zero-order valence-electron chi connectivity index (χ0n) is 9.97. The Hall–Kier alpha value is -1.85. The van der Waals surface area contributed by atoms with E-state index >= 15 is 0 Å². The third-order valence-corrected chi connectivity index (χ3v) is 2.40. The molecule has 0 aliphatic heterocycles. The number of hydrogen-bond acceptors (Lipinski definition) is 5. The van der Waals surface area contributed by atoms with E-state index in [2.05, 4.69) is 28.8 Å². The van der Waals surface area contributed by atoms with Crippen molar-refractivity contribution in [1.82, 2.24) is 19.5 Å². The maximum absolute atomic E-state index is 5.70. The number of hydrogen-bond donors (Lipinski definition) is 1. The van der Waals surface area contributed by atoms with Crippen molar-refractivity contribution in [1.29, 1.82) is 0 Å². The van der Waals surface area contributed by atoms with Crippen LogP contribution in [0.4, 0.5) is 11.8 Å². The molecule has 2 rings (SSSR count). The Bertz CT molecular complexity index is 513. The molecular weight excluding hydrogens is 204 g/mol. The molecule has 0 atom stereocenters. The lowest BCUT2D eigenvalue weighted by atomic mass is 10.4. The molecule has 0 saturated carbocycles. The molecule has 0 saturated heterocycles. The van der Waals surface area contributed by atoms with Gasteiger partial charge in [-0.1, -0.05) is 0 Å². The third-order valence-electron chi connectivity index (χ3n) is 2.40. The van der Waals surface area contributed by atoms with Gasteiger partial charge in [0.25, 0.3) is 0 Å². The molecule has 2 aromatic rings. The lowest BCUT2D eigenvalue weighted by molar-refractivity contribution is 0.613. The van der Waals surface area contributed by atoms with Gasteiger partial charge in [-0.05, 0) is 13.8 Å². The van der Waals surface area contributed by atoms with Gasteiger partial charge >= 0.3 is 0 Å². The number of imidazole rings is 1. The molecule has 16 heavy (non-hydrogen) atoms. The Morgan fingerprint density at radius 3 is 2.56 bits per heavy atom. The van der Waals surface area contributed by atoms with Gasteiger partial charge in [-0.3, -0.25) is 0 Å². The zero-order chi connectivity index (χ0) is 11.9. The van der Waals surface area contributed by atoms with E-state index in [4.69, 9.17) is 5.73 Å². The van der Waals surface area contributed by atoms with Gasteiger partial charge in [-0.25, -0.2) is 4.98 Å². The summed E-state index contributed by atoms with van der Waals surface area (Å²) in [6.45, 7) is 4.16. The first-order chi connectivity index (χ1) is 7.50. The number of nitrogens with zero attached hydrogens (tertiary/aromatic N) is 5. The van der Waals surface area contributed by atoms with E-state index in [9.17, 15) is 0 Å². The Kier molecular flexibility index (Phi) is 2.41. The van der Waals surface area contributed by atoms with Crippen LogP contribution in [0.15, 0.2) is 6.33 Å². The Balaban J connectivity index is 2.75. The molecule has 0 unspecified atom stereocenters. The average molecular weight is 220 g/mol. The summed E-state index contributed by atoms with van der Waals surface area (Å²) in [6.07, 6.45) is 1.77. The van der Waals surface area contributed by atoms with Gasteiger partial charge in [0, 0.05) is 20.1 Å². The second-order valence-corrected chi connectivity index (χ2v) is 4.22. The number of aromatic nitrogens is 4. The summed E-state index contributed by atoms with van der Waals surface area (Å²) in [5.41, 5.74) is 7.27. The van der Waals surface area contributed by atoms with Crippen molar-refractivity contribution in [3.8, 4) is 0 Å². The van der Waals surface area contributed by atoms with Crippen molar-refractivity contribution in [3.05, 3.63) is 6.33 Å². The van der Waals surface area contributed by atoms with Gasteiger partial charge in [-0.15, -0.1) is 0 Å². The van der Waals surface area contributed by atoms with E-state index in [1.54, 1.807) is 6.33 Å². The van der Waals surface area contributed by atoms with Gasteiger partial charge in [0.1, 0.15) is 0 Å². The molecule has 2 N–H and O–H groups in total. The molecule has 6 nitrogen and oxygen atoms in total. The SMILES string of the molecule is CC(C)n1cnc2c(N(C)C)nc(N)nc21. The normalized spacial score (nSPS) is 11.3. The third kappa shape index (κ3) is 1.56. The number of nitrogen functional groups attached to an aromatic ring is 1. The minimum atomic E-state index is 0.276. The van der Waals surface area contributed by atoms with Crippen LogP contribution in [0.25, 0.3) is 11.2 Å². The summed E-state index contributed by atoms with van der Waals surface area (Å²) in [6, 6.07) is 0.300. The van der Waals surface area contributed by atoms with E-state index < -0.39 is 0 Å². The van der Waals surface area contributed by atoms with E-state index in [0.717, 1.165) is 17.0 Å². The van der Waals surface area contributed by atoms with Crippen LogP contribution in [0, 0.1) is 0 Å². The first kappa shape index (κ1) is 10.7. The highest BCUT2D eigenvalue weighted by Gasteiger charge is 2.14. The zero-order valence-corrected chi connectivity index (χ0v) is 9.97. The van der Waals surface area contributed by atoms with Gasteiger partial charge in [-0.2, -0.15) is 9.97 Å². The summed E-state index contributed by atoms with van der Waals surface area (Å²) in [4.78, 5) is 14.7. The van der Waals surface area contributed by atoms with Crippen LogP contribution < -0.4 is 10.6 Å². The molecule has 2 aromatic heterocycles. The second kappa shape index (κ2) is 3.62. The van der Waals surface area contributed by atoms with E-state index in [1.807, 2.05) is 23.6 Å². The monoisotopic (exact) mass is 220 g/mol. The van der Waals surface area contributed by atoms with Crippen molar-refractivity contribution >= 4 is 22.9 Å². The van der Waals surface area contributed by atoms with Crippen LogP contribution in [0.3, 0.4) is 0 Å². The first-order valence-corrected chi connectivity index (χ1v) is 5.18. The number of rotatable bonds is 2. The van der Waals surface area contributed by atoms with Crippen molar-refractivity contribution in [2.24, 2.45) is 0 Å². The maximum atomic E-state index is 5.70. The minimum Gasteiger partial charge on any atom is -0.368 e. The molecule has 0 aliphatic rings. The van der Waals surface area contributed by atoms with Crippen LogP contribution in [-0.4, -0.2) is 33.6 Å². The molecule has 6 heteroatoms. The van der Waals surface area contributed by atoms with E-state index in [0.29, 0.717) is 6.04 Å². The number of nitrogens with two attached hydrogens (primary N) is 1. The average Bonchev–Trinajstić information content (AvgIpc) is 2.59. The highest BCUT2D eigenvalue weighted by Crippen LogP contribution is 2.23. The summed E-state index contributed by atoms with van der Waals surface area (Å²) < 4.78 is 1.99. The number of anilines is 2. The van der Waals surface area contributed by atoms with Crippen molar-refractivity contribution in [2.45, 2.75) is 19.9 Å². The summed E-state index contributed by atoms with van der Waals surface area (Å²) in [5, 5.41) is 0. The number of fused-ring (bicyclic) bond motifs is 1. The fourth-order valence-electron chi connectivity index (χ4n) is 1.61. The van der Waals surface area contributed by atoms with E-state index in [-0.39, 0.29) is 5.95 Å². The minimum absolute atomic E-state index is 0.276. The fraction of sp³-hybridized carbons (Fsp3) is 0.500. The molecular formula is C10H16N6. The molecule has 0 radical (unpaired) electrons. The van der Waals surface area contributed by atoms with Crippen molar-refractivity contribution in [2.75, 3.05) is 24.7 Å². The van der Waals surface area contributed by atoms with Gasteiger partial charge < -0.3 is 15.2 Å². The van der Waals surface area contributed by atoms with Crippen LogP contribution >= 0.6 is 0 Å². The summed E-state index contributed by atoms with van der Waals surface area (Å²) >= 11 is 0. The largest absolute Gasteiger partial charge is 0.368 e. The topological polar surface area (TPSA) is 72.9 Å². The van der Waals surface area contributed by atoms with Crippen LogP contribution in [-0.2, 0) is 0 Å². The highest BCUT2D eigenvalue weighted by molar-refractivity contribution is 5.84. The van der Waals surface area contributed by atoms with E-state index in [1.165, 1.54) is 0 Å². The van der Waals surface area contributed by atoms with Crippen LogP contribution in [0.1, 0.15) is 19.9 Å². The first-order valence-electron chi connectivity index (χ1n) is 5.18. The molecule has 0 amide bonds. The fourth-order valence-corrected chi connectivity index (χ4v) is 1.61. The molecule has 0 spiro atoms. The molecule has 0 aliphatic carbocycles. The molecule has 0 bridgehead atoms. The second-order valence-electron chi connectivity index (χ2n) is 4.22. The molecule has 0 aromatic carbocycles. The highest BCUT2D eigenvalue weighted by atomic mass is 15.2. The van der Waals surface area contributed by atoms with Gasteiger partial charge in [0.2, 0.25) is 5.95 Å². The van der Waals surface area contributed by atoms with Crippen LogP contribution in [0.5, 0.6) is 0 Å². The van der Waals surface area contributed by atoms with Gasteiger partial charge in [0.05, 0.1) is 6.33 Å². The molecule has 0 fully saturated rings. The van der Waals surface area contributed by atoms with Crippen molar-refractivity contribution < 1.29 is 0 Å². The quantitative estimate of drug-likeness (QED) is 0.819. The summed E-state index contributed by atoms with van der Waals surface area (Å²) in [5.74, 6) is 1.03. The molecule has 86 valence electrons. The maximum Gasteiger partial charge on any atom is 0.224 e. The predicted octanol–water partition coefficient (Wildman–Crippen LogP) is 1.06. The van der Waals surface area contributed by atoms with Gasteiger partial charge in [0.15, 0.2) is 17.0 Å². The van der Waals surface area contributed by atoms with Crippen molar-refractivity contribution in [3.63, 3.8) is 0 Å². The summed E-state index contributed by atoms with van der Waals surface area (Å²) in [7, 11) is 3.82. The smallest absolute Gasteiger partial charge is 0.224 e.